The summed E-state index contributed by atoms with van der Waals surface area (Å²) >= 11 is 0. The Morgan fingerprint density at radius 3 is 2.46 bits per heavy atom. The van der Waals surface area contributed by atoms with Crippen LogP contribution in [0.2, 0.25) is 0 Å². The summed E-state index contributed by atoms with van der Waals surface area (Å²) in [6, 6.07) is 5.98. The molecule has 0 aliphatic rings. The van der Waals surface area contributed by atoms with Crippen molar-refractivity contribution in [3.05, 3.63) is 59.6 Å². The number of hydrogen-bond acceptors (Lipinski definition) is 3. The van der Waals surface area contributed by atoms with E-state index >= 15 is 0 Å². The lowest BCUT2D eigenvalue weighted by Crippen LogP contribution is -2.43. The Morgan fingerprint density at radius 1 is 1.15 bits per heavy atom. The van der Waals surface area contributed by atoms with Crippen LogP contribution in [0, 0.1) is 11.6 Å². The van der Waals surface area contributed by atoms with E-state index in [1.807, 2.05) is 0 Å². The van der Waals surface area contributed by atoms with Crippen molar-refractivity contribution in [2.45, 2.75) is 19.3 Å². The SMILES string of the molecule is CN(CC(=O)N(Cc1ccco1)CC(F)(F)F)Cc1ccc(F)cc1F. The molecule has 0 unspecified atom stereocenters. The summed E-state index contributed by atoms with van der Waals surface area (Å²) in [4.78, 5) is 14.2. The predicted octanol–water partition coefficient (Wildman–Crippen LogP) is 3.58. The molecule has 0 bridgehead atoms. The topological polar surface area (TPSA) is 36.7 Å². The van der Waals surface area contributed by atoms with E-state index in [0.29, 0.717) is 11.0 Å². The fourth-order valence-corrected chi connectivity index (χ4v) is 2.37. The summed E-state index contributed by atoms with van der Waals surface area (Å²) in [6.07, 6.45) is -3.26. The van der Waals surface area contributed by atoms with Crippen LogP contribution in [0.4, 0.5) is 22.0 Å². The number of hydrogen-bond donors (Lipinski definition) is 0. The number of furan rings is 1. The zero-order valence-electron chi connectivity index (χ0n) is 13.9. The molecule has 0 radical (unpaired) electrons. The summed E-state index contributed by atoms with van der Waals surface area (Å²) in [5.41, 5.74) is 0.134. The van der Waals surface area contributed by atoms with Crippen LogP contribution >= 0.6 is 0 Å². The summed E-state index contributed by atoms with van der Waals surface area (Å²) < 4.78 is 69.8. The van der Waals surface area contributed by atoms with E-state index in [1.165, 1.54) is 36.4 Å². The first kappa shape index (κ1) is 19.9. The highest BCUT2D eigenvalue weighted by molar-refractivity contribution is 5.78. The highest BCUT2D eigenvalue weighted by atomic mass is 19.4. The Labute approximate surface area is 146 Å². The lowest BCUT2D eigenvalue weighted by Gasteiger charge is -2.26. The fourth-order valence-electron chi connectivity index (χ4n) is 2.37. The second kappa shape index (κ2) is 8.31. The number of benzene rings is 1. The van der Waals surface area contributed by atoms with Crippen LogP contribution in [0.25, 0.3) is 0 Å². The molecule has 0 saturated carbocycles. The predicted molar refractivity (Wildman–Crippen MR) is 82.9 cm³/mol. The Balaban J connectivity index is 2.02. The molecule has 26 heavy (non-hydrogen) atoms. The molecule has 0 N–H and O–H groups in total. The van der Waals surface area contributed by atoms with Crippen LogP contribution in [0.1, 0.15) is 11.3 Å². The molecule has 0 aliphatic heterocycles. The second-order valence-electron chi connectivity index (χ2n) is 5.85. The Morgan fingerprint density at radius 2 is 1.88 bits per heavy atom. The average Bonchev–Trinajstić information content (AvgIpc) is 3.01. The van der Waals surface area contributed by atoms with Gasteiger partial charge in [-0.25, -0.2) is 8.78 Å². The number of nitrogens with zero attached hydrogens (tertiary/aromatic N) is 2. The van der Waals surface area contributed by atoms with Crippen molar-refractivity contribution in [1.29, 1.82) is 0 Å². The number of amides is 1. The Bertz CT molecular complexity index is 731. The van der Waals surface area contributed by atoms with Gasteiger partial charge in [-0.1, -0.05) is 6.07 Å². The lowest BCUT2D eigenvalue weighted by atomic mass is 10.2. The van der Waals surface area contributed by atoms with E-state index in [-0.39, 0.29) is 31.0 Å². The highest BCUT2D eigenvalue weighted by Gasteiger charge is 2.33. The van der Waals surface area contributed by atoms with Gasteiger partial charge in [-0.15, -0.1) is 0 Å². The van der Waals surface area contributed by atoms with Gasteiger partial charge in [0.05, 0.1) is 19.4 Å². The molecule has 4 nitrogen and oxygen atoms in total. The van der Waals surface area contributed by atoms with Gasteiger partial charge in [0, 0.05) is 18.2 Å². The van der Waals surface area contributed by atoms with Gasteiger partial charge in [0.15, 0.2) is 0 Å². The molecule has 0 atom stereocenters. The number of carbonyl (C=O) groups is 1. The number of rotatable bonds is 7. The van der Waals surface area contributed by atoms with Gasteiger partial charge in [-0.2, -0.15) is 13.2 Å². The van der Waals surface area contributed by atoms with Gasteiger partial charge in [0.2, 0.25) is 5.91 Å². The minimum Gasteiger partial charge on any atom is -0.467 e. The molecular weight excluding hydrogens is 359 g/mol. The van der Waals surface area contributed by atoms with Crippen LogP contribution in [0.15, 0.2) is 41.0 Å². The highest BCUT2D eigenvalue weighted by Crippen LogP contribution is 2.19. The van der Waals surface area contributed by atoms with E-state index in [1.54, 1.807) is 0 Å². The minimum atomic E-state index is -4.57. The van der Waals surface area contributed by atoms with Gasteiger partial charge in [0.25, 0.3) is 0 Å². The molecule has 0 spiro atoms. The number of alkyl halides is 3. The van der Waals surface area contributed by atoms with Crippen molar-refractivity contribution in [2.75, 3.05) is 20.1 Å². The number of likely N-dealkylation sites (N-methyl/N-ethyl adjacent to an activating group) is 1. The summed E-state index contributed by atoms with van der Waals surface area (Å²) in [5.74, 6) is -2.09. The second-order valence-corrected chi connectivity index (χ2v) is 5.85. The zero-order valence-corrected chi connectivity index (χ0v) is 13.9. The van der Waals surface area contributed by atoms with Gasteiger partial charge >= 0.3 is 6.18 Å². The van der Waals surface area contributed by atoms with Crippen molar-refractivity contribution in [2.24, 2.45) is 0 Å². The van der Waals surface area contributed by atoms with E-state index < -0.39 is 30.3 Å². The average molecular weight is 376 g/mol. The van der Waals surface area contributed by atoms with Crippen LogP contribution in [-0.4, -0.2) is 42.0 Å². The normalized spacial score (nSPS) is 11.8. The minimum absolute atomic E-state index is 0.0571. The molecule has 0 aliphatic carbocycles. The third kappa shape index (κ3) is 6.14. The van der Waals surface area contributed by atoms with Crippen molar-refractivity contribution < 1.29 is 31.2 Å². The fraction of sp³-hybridized carbons (Fsp3) is 0.353. The van der Waals surface area contributed by atoms with Crippen LogP contribution < -0.4 is 0 Å². The van der Waals surface area contributed by atoms with Crippen LogP contribution in [0.5, 0.6) is 0 Å². The first-order valence-electron chi connectivity index (χ1n) is 7.63. The molecule has 2 aromatic rings. The third-order valence-corrected chi connectivity index (χ3v) is 3.51. The van der Waals surface area contributed by atoms with Crippen molar-refractivity contribution in [3.8, 4) is 0 Å². The Kier molecular flexibility index (Phi) is 6.36. The van der Waals surface area contributed by atoms with Crippen molar-refractivity contribution in [3.63, 3.8) is 0 Å². The first-order chi connectivity index (χ1) is 12.1. The molecule has 0 saturated heterocycles. The lowest BCUT2D eigenvalue weighted by molar-refractivity contribution is -0.163. The largest absolute Gasteiger partial charge is 0.467 e. The summed E-state index contributed by atoms with van der Waals surface area (Å²) in [7, 11) is 1.46. The summed E-state index contributed by atoms with van der Waals surface area (Å²) in [5, 5.41) is 0. The molecule has 1 aromatic carbocycles. The quantitative estimate of drug-likeness (QED) is 0.693. The smallest absolute Gasteiger partial charge is 0.406 e. The van der Waals surface area contributed by atoms with Gasteiger partial charge in [-0.05, 0) is 25.2 Å². The van der Waals surface area contributed by atoms with Gasteiger partial charge in [-0.3, -0.25) is 9.69 Å². The van der Waals surface area contributed by atoms with E-state index in [9.17, 15) is 26.7 Å². The monoisotopic (exact) mass is 376 g/mol. The zero-order chi connectivity index (χ0) is 19.3. The van der Waals surface area contributed by atoms with E-state index in [4.69, 9.17) is 4.42 Å². The first-order valence-corrected chi connectivity index (χ1v) is 7.63. The molecule has 1 amide bonds. The molecule has 1 aromatic heterocycles. The molecule has 1 heterocycles. The standard InChI is InChI=1S/C17H17F5N2O2/c1-23(8-12-4-5-13(18)7-15(12)19)10-16(25)24(11-17(20,21)22)9-14-3-2-6-26-14/h2-7H,8-11H2,1H3. The maximum Gasteiger partial charge on any atom is 0.406 e. The molecule has 142 valence electrons. The summed E-state index contributed by atoms with van der Waals surface area (Å²) in [6.45, 7) is -2.18. The van der Waals surface area contributed by atoms with Gasteiger partial charge < -0.3 is 9.32 Å². The Hall–Kier alpha value is -2.42. The van der Waals surface area contributed by atoms with E-state index in [2.05, 4.69) is 0 Å². The van der Waals surface area contributed by atoms with Crippen LogP contribution in [-0.2, 0) is 17.9 Å². The van der Waals surface area contributed by atoms with Gasteiger partial charge in [0.1, 0.15) is 23.9 Å². The van der Waals surface area contributed by atoms with E-state index in [0.717, 1.165) is 6.07 Å². The van der Waals surface area contributed by atoms with Crippen molar-refractivity contribution in [1.82, 2.24) is 9.80 Å². The maximum absolute atomic E-state index is 13.7. The third-order valence-electron chi connectivity index (χ3n) is 3.51. The number of halogens is 5. The maximum atomic E-state index is 13.7. The number of carbonyl (C=O) groups excluding carboxylic acids is 1. The molecule has 2 rings (SSSR count). The molecular formula is C17H17F5N2O2. The molecule has 0 fully saturated rings. The van der Waals surface area contributed by atoms with Crippen molar-refractivity contribution >= 4 is 5.91 Å². The van der Waals surface area contributed by atoms with Crippen LogP contribution in [0.3, 0.4) is 0 Å². The molecule has 9 heteroatoms.